The highest BCUT2D eigenvalue weighted by Gasteiger charge is 2.36. The van der Waals surface area contributed by atoms with Gasteiger partial charge in [0.25, 0.3) is 0 Å². The predicted octanol–water partition coefficient (Wildman–Crippen LogP) is 10.4. The summed E-state index contributed by atoms with van der Waals surface area (Å²) in [5.74, 6) is 7.18. The van der Waals surface area contributed by atoms with Gasteiger partial charge in [-0.25, -0.2) is 0 Å². The van der Waals surface area contributed by atoms with E-state index < -0.39 is 0 Å². The van der Waals surface area contributed by atoms with Gasteiger partial charge in [-0.15, -0.1) is 0 Å². The van der Waals surface area contributed by atoms with Crippen LogP contribution >= 0.6 is 0 Å². The van der Waals surface area contributed by atoms with Crippen LogP contribution in [0.25, 0.3) is 0 Å². The van der Waals surface area contributed by atoms with E-state index in [4.69, 9.17) is 0 Å². The SMILES string of the molecule is CC(C)CC1CCC1.CC(C)CC1CCCCC1.CC(C)N1CC2CCCC2C1.CC(C)NCC1CCC1. The zero-order chi connectivity index (χ0) is 27.9. The zero-order valence-corrected chi connectivity index (χ0v) is 27.6. The molecule has 2 atom stereocenters. The van der Waals surface area contributed by atoms with Crippen LogP contribution in [-0.4, -0.2) is 36.6 Å². The van der Waals surface area contributed by atoms with Crippen molar-refractivity contribution in [2.24, 2.45) is 41.4 Å². The van der Waals surface area contributed by atoms with Gasteiger partial charge in [0, 0.05) is 25.2 Å². The van der Waals surface area contributed by atoms with Crippen LogP contribution in [0.3, 0.4) is 0 Å². The minimum atomic E-state index is 0.672. The van der Waals surface area contributed by atoms with E-state index in [0.717, 1.165) is 47.5 Å². The third-order valence-corrected chi connectivity index (χ3v) is 10.1. The first-order chi connectivity index (χ1) is 18.1. The molecule has 5 aliphatic rings. The average molecular weight is 533 g/mol. The molecule has 5 fully saturated rings. The summed E-state index contributed by atoms with van der Waals surface area (Å²) in [5, 5.41) is 3.45. The maximum Gasteiger partial charge on any atom is 0.00388 e. The minimum absolute atomic E-state index is 0.672. The van der Waals surface area contributed by atoms with E-state index in [0.29, 0.717) is 6.04 Å². The van der Waals surface area contributed by atoms with Crippen molar-refractivity contribution in [1.82, 2.24) is 10.2 Å². The van der Waals surface area contributed by atoms with Gasteiger partial charge in [-0.3, -0.25) is 0 Å². The molecule has 1 saturated heterocycles. The summed E-state index contributed by atoms with van der Waals surface area (Å²) in [6.07, 6.45) is 23.9. The number of rotatable bonds is 8. The molecule has 4 aliphatic carbocycles. The fourth-order valence-electron chi connectivity index (χ4n) is 7.28. The lowest BCUT2D eigenvalue weighted by atomic mass is 9.80. The normalized spacial score (nSPS) is 26.2. The first-order valence-electron chi connectivity index (χ1n) is 17.6. The number of nitrogens with one attached hydrogen (secondary N) is 1. The zero-order valence-electron chi connectivity index (χ0n) is 27.6. The van der Waals surface area contributed by atoms with Gasteiger partial charge >= 0.3 is 0 Å². The molecule has 0 aromatic carbocycles. The molecule has 2 nitrogen and oxygen atoms in total. The number of likely N-dealkylation sites (tertiary alicyclic amines) is 1. The van der Waals surface area contributed by atoms with Crippen molar-refractivity contribution in [2.45, 2.75) is 170 Å². The molecule has 0 spiro atoms. The van der Waals surface area contributed by atoms with E-state index in [1.165, 1.54) is 122 Å². The highest BCUT2D eigenvalue weighted by Crippen LogP contribution is 2.38. The maximum atomic E-state index is 3.45. The van der Waals surface area contributed by atoms with Crippen molar-refractivity contribution in [1.29, 1.82) is 0 Å². The maximum absolute atomic E-state index is 3.45. The second-order valence-electron chi connectivity index (χ2n) is 15.4. The van der Waals surface area contributed by atoms with Crippen LogP contribution in [0.2, 0.25) is 0 Å². The predicted molar refractivity (Wildman–Crippen MR) is 171 cm³/mol. The summed E-state index contributed by atoms with van der Waals surface area (Å²) in [7, 11) is 0. The lowest BCUT2D eigenvalue weighted by Crippen LogP contribution is -2.31. The first-order valence-corrected chi connectivity index (χ1v) is 17.6. The van der Waals surface area contributed by atoms with Crippen molar-refractivity contribution in [2.75, 3.05) is 19.6 Å². The van der Waals surface area contributed by atoms with E-state index in [2.05, 4.69) is 65.6 Å². The number of hydrogen-bond acceptors (Lipinski definition) is 2. The topological polar surface area (TPSA) is 15.3 Å². The highest BCUT2D eigenvalue weighted by atomic mass is 15.2. The van der Waals surface area contributed by atoms with Gasteiger partial charge in [-0.2, -0.15) is 0 Å². The van der Waals surface area contributed by atoms with Gasteiger partial charge in [-0.1, -0.05) is 106 Å². The van der Waals surface area contributed by atoms with Gasteiger partial charge in [0.15, 0.2) is 0 Å². The summed E-state index contributed by atoms with van der Waals surface area (Å²) in [6.45, 7) is 22.4. The molecule has 4 saturated carbocycles. The van der Waals surface area contributed by atoms with Crippen LogP contribution in [0, 0.1) is 41.4 Å². The molecule has 5 rings (SSSR count). The Morgan fingerprint density at radius 2 is 0.947 bits per heavy atom. The van der Waals surface area contributed by atoms with E-state index in [9.17, 15) is 0 Å². The molecular formula is C36H72N2. The molecule has 2 heteroatoms. The molecule has 2 unspecified atom stereocenters. The smallest absolute Gasteiger partial charge is 0.00388 e. The molecule has 0 amide bonds. The summed E-state index contributed by atoms with van der Waals surface area (Å²) >= 11 is 0. The molecule has 0 bridgehead atoms. The standard InChI is InChI=1S/C10H19N.C10H20.C8H17N.C8H16/c1-8(2)11-6-9-4-3-5-10(9)7-11;1-9(2)8-10-6-4-3-5-7-10;1-7(2)9-6-8-4-3-5-8;1-7(2)6-8-4-3-5-8/h8-10H,3-7H2,1-2H3;9-10H,3-8H2,1-2H3;7-9H,3-6H2,1-2H3;7-8H,3-6H2,1-2H3. The number of hydrogen-bond donors (Lipinski definition) is 1. The quantitative estimate of drug-likeness (QED) is 0.334. The Bertz CT molecular complexity index is 542. The molecule has 1 N–H and O–H groups in total. The van der Waals surface area contributed by atoms with Crippen molar-refractivity contribution < 1.29 is 0 Å². The van der Waals surface area contributed by atoms with E-state index in [1.54, 1.807) is 0 Å². The van der Waals surface area contributed by atoms with Crippen LogP contribution in [-0.2, 0) is 0 Å². The third kappa shape index (κ3) is 14.5. The van der Waals surface area contributed by atoms with Gasteiger partial charge < -0.3 is 10.2 Å². The fraction of sp³-hybridized carbons (Fsp3) is 1.00. The van der Waals surface area contributed by atoms with Crippen LogP contribution in [0.5, 0.6) is 0 Å². The van der Waals surface area contributed by atoms with E-state index >= 15 is 0 Å². The van der Waals surface area contributed by atoms with Crippen molar-refractivity contribution in [3.05, 3.63) is 0 Å². The third-order valence-electron chi connectivity index (χ3n) is 10.1. The van der Waals surface area contributed by atoms with Crippen molar-refractivity contribution in [3.8, 4) is 0 Å². The van der Waals surface area contributed by atoms with Crippen LogP contribution in [0.4, 0.5) is 0 Å². The molecule has 0 aromatic rings. The van der Waals surface area contributed by atoms with Crippen LogP contribution in [0.15, 0.2) is 0 Å². The molecule has 0 radical (unpaired) electrons. The van der Waals surface area contributed by atoms with Gasteiger partial charge in [0.2, 0.25) is 0 Å². The first kappa shape index (κ1) is 34.1. The van der Waals surface area contributed by atoms with E-state index in [-0.39, 0.29) is 0 Å². The van der Waals surface area contributed by atoms with Crippen LogP contribution in [0.1, 0.15) is 158 Å². The Labute approximate surface area is 241 Å². The largest absolute Gasteiger partial charge is 0.314 e. The molecule has 1 heterocycles. The Kier molecular flexibility index (Phi) is 17.2. The second-order valence-corrected chi connectivity index (χ2v) is 15.4. The highest BCUT2D eigenvalue weighted by molar-refractivity contribution is 4.89. The lowest BCUT2D eigenvalue weighted by molar-refractivity contribution is 0.254. The molecule has 226 valence electrons. The monoisotopic (exact) mass is 533 g/mol. The van der Waals surface area contributed by atoms with Gasteiger partial charge in [0.1, 0.15) is 0 Å². The number of nitrogens with zero attached hydrogens (tertiary/aromatic N) is 1. The number of fused-ring (bicyclic) bond motifs is 1. The van der Waals surface area contributed by atoms with Crippen molar-refractivity contribution in [3.63, 3.8) is 0 Å². The average Bonchev–Trinajstić information content (AvgIpc) is 3.39. The fourth-order valence-corrected chi connectivity index (χ4v) is 7.28. The Hall–Kier alpha value is -0.0800. The van der Waals surface area contributed by atoms with Gasteiger partial charge in [-0.05, 0) is 100 Å². The van der Waals surface area contributed by atoms with Crippen molar-refractivity contribution >= 4 is 0 Å². The molecular weight excluding hydrogens is 460 g/mol. The molecule has 1 aliphatic heterocycles. The minimum Gasteiger partial charge on any atom is -0.314 e. The second kappa shape index (κ2) is 19.1. The Morgan fingerprint density at radius 1 is 0.526 bits per heavy atom. The van der Waals surface area contributed by atoms with Gasteiger partial charge in [0.05, 0.1) is 0 Å². The molecule has 0 aromatic heterocycles. The summed E-state index contributed by atoms with van der Waals surface area (Å²) in [5.41, 5.74) is 0. The summed E-state index contributed by atoms with van der Waals surface area (Å²) < 4.78 is 0. The summed E-state index contributed by atoms with van der Waals surface area (Å²) in [6, 6.07) is 1.45. The van der Waals surface area contributed by atoms with Crippen LogP contribution < -0.4 is 5.32 Å². The molecule has 38 heavy (non-hydrogen) atoms. The Morgan fingerprint density at radius 3 is 1.29 bits per heavy atom. The summed E-state index contributed by atoms with van der Waals surface area (Å²) in [4.78, 5) is 2.65. The Balaban J connectivity index is 0.000000179. The lowest BCUT2D eigenvalue weighted by Gasteiger charge is -2.26. The van der Waals surface area contributed by atoms with E-state index in [1.807, 2.05) is 0 Å².